The SMILES string of the molecule is COc1cccc(/C=C(\C#N)C(=O)OCC(=O)Nc2cccc3ccccc23)c1. The second-order valence-corrected chi connectivity index (χ2v) is 6.10. The van der Waals surface area contributed by atoms with Crippen molar-refractivity contribution in [3.63, 3.8) is 0 Å². The molecule has 0 aliphatic heterocycles. The molecule has 3 aromatic rings. The van der Waals surface area contributed by atoms with Gasteiger partial charge in [0.1, 0.15) is 17.4 Å². The van der Waals surface area contributed by atoms with Crippen molar-refractivity contribution in [3.8, 4) is 11.8 Å². The number of nitrogens with zero attached hydrogens (tertiary/aromatic N) is 1. The number of carbonyl (C=O) groups is 2. The Morgan fingerprint density at radius 2 is 1.83 bits per heavy atom. The van der Waals surface area contributed by atoms with Crippen LogP contribution in [0.4, 0.5) is 5.69 Å². The Labute approximate surface area is 168 Å². The second-order valence-electron chi connectivity index (χ2n) is 6.10. The van der Waals surface area contributed by atoms with Gasteiger partial charge in [0.2, 0.25) is 0 Å². The highest BCUT2D eigenvalue weighted by molar-refractivity contribution is 6.04. The molecule has 0 aromatic heterocycles. The van der Waals surface area contributed by atoms with Crippen LogP contribution < -0.4 is 10.1 Å². The molecule has 3 rings (SSSR count). The van der Waals surface area contributed by atoms with Crippen LogP contribution in [0, 0.1) is 11.3 Å². The molecule has 29 heavy (non-hydrogen) atoms. The summed E-state index contributed by atoms with van der Waals surface area (Å²) in [6.45, 7) is -0.501. The first kappa shape index (κ1) is 19.6. The number of ether oxygens (including phenoxy) is 2. The first-order valence-electron chi connectivity index (χ1n) is 8.81. The number of hydrogen-bond acceptors (Lipinski definition) is 5. The van der Waals surface area contributed by atoms with Crippen molar-refractivity contribution in [1.29, 1.82) is 5.26 Å². The minimum atomic E-state index is -0.872. The van der Waals surface area contributed by atoms with Crippen molar-refractivity contribution in [2.45, 2.75) is 0 Å². The van der Waals surface area contributed by atoms with Crippen LogP contribution >= 0.6 is 0 Å². The molecule has 144 valence electrons. The van der Waals surface area contributed by atoms with Crippen molar-refractivity contribution in [1.82, 2.24) is 0 Å². The Kier molecular flexibility index (Phi) is 6.23. The zero-order chi connectivity index (χ0) is 20.6. The number of carbonyl (C=O) groups excluding carboxylic acids is 2. The molecule has 3 aromatic carbocycles. The third-order valence-corrected chi connectivity index (χ3v) is 4.14. The number of esters is 1. The third kappa shape index (κ3) is 4.99. The Morgan fingerprint density at radius 1 is 1.07 bits per heavy atom. The summed E-state index contributed by atoms with van der Waals surface area (Å²) in [6.07, 6.45) is 1.38. The van der Waals surface area contributed by atoms with E-state index in [-0.39, 0.29) is 5.57 Å². The van der Waals surface area contributed by atoms with Crippen LogP contribution in [0.2, 0.25) is 0 Å². The molecule has 0 unspecified atom stereocenters. The van der Waals surface area contributed by atoms with Gasteiger partial charge in [-0.3, -0.25) is 4.79 Å². The van der Waals surface area contributed by atoms with Gasteiger partial charge in [0, 0.05) is 11.1 Å². The summed E-state index contributed by atoms with van der Waals surface area (Å²) in [4.78, 5) is 24.4. The fourth-order valence-corrected chi connectivity index (χ4v) is 2.76. The molecule has 0 saturated carbocycles. The number of methoxy groups -OCH3 is 1. The maximum atomic E-state index is 12.2. The molecule has 1 N–H and O–H groups in total. The van der Waals surface area contributed by atoms with E-state index < -0.39 is 18.5 Å². The number of rotatable bonds is 6. The minimum absolute atomic E-state index is 0.212. The Hall–Kier alpha value is -4.11. The number of fused-ring (bicyclic) bond motifs is 1. The van der Waals surface area contributed by atoms with Crippen LogP contribution in [-0.2, 0) is 14.3 Å². The third-order valence-electron chi connectivity index (χ3n) is 4.14. The maximum absolute atomic E-state index is 12.2. The quantitative estimate of drug-likeness (QED) is 0.394. The monoisotopic (exact) mass is 386 g/mol. The standard InChI is InChI=1S/C23H18N2O4/c1-28-19-9-4-6-16(13-19)12-18(14-24)23(27)29-15-22(26)25-21-11-5-8-17-7-2-3-10-20(17)21/h2-13H,15H2,1H3,(H,25,26)/b18-12+. The van der Waals surface area contributed by atoms with Crippen LogP contribution in [0.25, 0.3) is 16.8 Å². The fraction of sp³-hybridized carbons (Fsp3) is 0.0870. The van der Waals surface area contributed by atoms with Crippen molar-refractivity contribution >= 4 is 34.4 Å². The molecule has 0 aliphatic carbocycles. The summed E-state index contributed by atoms with van der Waals surface area (Å²) in [7, 11) is 1.52. The lowest BCUT2D eigenvalue weighted by Gasteiger charge is -2.09. The first-order valence-corrected chi connectivity index (χ1v) is 8.81. The summed E-state index contributed by atoms with van der Waals surface area (Å²) in [6, 6.07) is 21.8. The lowest BCUT2D eigenvalue weighted by atomic mass is 10.1. The van der Waals surface area contributed by atoms with Gasteiger partial charge in [0.05, 0.1) is 7.11 Å². The topological polar surface area (TPSA) is 88.4 Å². The maximum Gasteiger partial charge on any atom is 0.349 e. The van der Waals surface area contributed by atoms with Crippen molar-refractivity contribution in [2.24, 2.45) is 0 Å². The molecular weight excluding hydrogens is 368 g/mol. The van der Waals surface area contributed by atoms with E-state index in [1.54, 1.807) is 36.4 Å². The van der Waals surface area contributed by atoms with E-state index in [2.05, 4.69) is 5.32 Å². The number of nitrogens with one attached hydrogen (secondary N) is 1. The lowest BCUT2D eigenvalue weighted by molar-refractivity contribution is -0.142. The van der Waals surface area contributed by atoms with E-state index in [0.717, 1.165) is 10.8 Å². The number of anilines is 1. The van der Waals surface area contributed by atoms with Crippen molar-refractivity contribution in [2.75, 3.05) is 19.0 Å². The van der Waals surface area contributed by atoms with Crippen LogP contribution in [0.15, 0.2) is 72.3 Å². The minimum Gasteiger partial charge on any atom is -0.497 e. The molecule has 0 atom stereocenters. The van der Waals surface area contributed by atoms with Gasteiger partial charge in [-0.05, 0) is 35.2 Å². The highest BCUT2D eigenvalue weighted by Crippen LogP contribution is 2.22. The zero-order valence-corrected chi connectivity index (χ0v) is 15.7. The van der Waals surface area contributed by atoms with Gasteiger partial charge in [-0.25, -0.2) is 4.79 Å². The first-order chi connectivity index (χ1) is 14.1. The molecule has 0 fully saturated rings. The number of amides is 1. The molecule has 0 heterocycles. The number of nitriles is 1. The molecule has 0 bridgehead atoms. The smallest absolute Gasteiger partial charge is 0.349 e. The fourth-order valence-electron chi connectivity index (χ4n) is 2.76. The molecule has 0 spiro atoms. The summed E-state index contributed by atoms with van der Waals surface area (Å²) in [5, 5.41) is 13.8. The summed E-state index contributed by atoms with van der Waals surface area (Å²) in [5.41, 5.74) is 1.02. The van der Waals surface area contributed by atoms with E-state index in [1.807, 2.05) is 36.4 Å². The van der Waals surface area contributed by atoms with Crippen molar-refractivity contribution in [3.05, 3.63) is 77.9 Å². The van der Waals surface area contributed by atoms with E-state index >= 15 is 0 Å². The van der Waals surface area contributed by atoms with Gasteiger partial charge >= 0.3 is 5.97 Å². The molecule has 6 nitrogen and oxygen atoms in total. The predicted octanol–water partition coefficient (Wildman–Crippen LogP) is 3.94. The lowest BCUT2D eigenvalue weighted by Crippen LogP contribution is -2.21. The number of hydrogen-bond donors (Lipinski definition) is 1. The van der Waals surface area contributed by atoms with Crippen LogP contribution in [-0.4, -0.2) is 25.6 Å². The Balaban J connectivity index is 1.65. The predicted molar refractivity (Wildman–Crippen MR) is 110 cm³/mol. The van der Waals surface area contributed by atoms with Crippen LogP contribution in [0.1, 0.15) is 5.56 Å². The van der Waals surface area contributed by atoms with Crippen LogP contribution in [0.3, 0.4) is 0 Å². The molecule has 0 saturated heterocycles. The van der Waals surface area contributed by atoms with Gasteiger partial charge in [-0.15, -0.1) is 0 Å². The molecular formula is C23H18N2O4. The van der Waals surface area contributed by atoms with Gasteiger partial charge in [-0.2, -0.15) is 5.26 Å². The second kappa shape index (κ2) is 9.20. The Bertz CT molecular complexity index is 1120. The molecule has 0 radical (unpaired) electrons. The van der Waals surface area contributed by atoms with Gasteiger partial charge in [0.25, 0.3) is 5.91 Å². The average molecular weight is 386 g/mol. The summed E-state index contributed by atoms with van der Waals surface area (Å²) in [5.74, 6) is -0.768. The van der Waals surface area contributed by atoms with Gasteiger partial charge in [0.15, 0.2) is 6.61 Å². The highest BCUT2D eigenvalue weighted by Gasteiger charge is 2.14. The number of benzene rings is 3. The van der Waals surface area contributed by atoms with E-state index in [9.17, 15) is 14.9 Å². The van der Waals surface area contributed by atoms with Crippen molar-refractivity contribution < 1.29 is 19.1 Å². The molecule has 1 amide bonds. The largest absolute Gasteiger partial charge is 0.497 e. The van der Waals surface area contributed by atoms with E-state index in [1.165, 1.54) is 13.2 Å². The summed E-state index contributed by atoms with van der Waals surface area (Å²) >= 11 is 0. The summed E-state index contributed by atoms with van der Waals surface area (Å²) < 4.78 is 10.1. The average Bonchev–Trinajstić information content (AvgIpc) is 2.76. The zero-order valence-electron chi connectivity index (χ0n) is 15.7. The van der Waals surface area contributed by atoms with Crippen LogP contribution in [0.5, 0.6) is 5.75 Å². The highest BCUT2D eigenvalue weighted by atomic mass is 16.5. The van der Waals surface area contributed by atoms with E-state index in [4.69, 9.17) is 9.47 Å². The molecule has 0 aliphatic rings. The van der Waals surface area contributed by atoms with E-state index in [0.29, 0.717) is 17.0 Å². The Morgan fingerprint density at radius 3 is 2.62 bits per heavy atom. The normalized spacial score (nSPS) is 10.8. The molecule has 6 heteroatoms. The van der Waals surface area contributed by atoms with Gasteiger partial charge < -0.3 is 14.8 Å². The van der Waals surface area contributed by atoms with Gasteiger partial charge in [-0.1, -0.05) is 48.5 Å².